The maximum atomic E-state index is 12.9. The molecule has 3 rings (SSSR count). The molecule has 2 amide bonds. The quantitative estimate of drug-likeness (QED) is 0.394. The fraction of sp³-hybridized carbons (Fsp3) is 0.231. The van der Waals surface area contributed by atoms with Crippen molar-refractivity contribution < 1.29 is 32.2 Å². The number of ether oxygens (including phenoxy) is 2. The third-order valence-corrected chi connectivity index (χ3v) is 4.83. The third kappa shape index (κ3) is 6.99. The van der Waals surface area contributed by atoms with E-state index >= 15 is 0 Å². The smallest absolute Gasteiger partial charge is 0.416 e. The van der Waals surface area contributed by atoms with Crippen LogP contribution < -0.4 is 20.1 Å². The van der Waals surface area contributed by atoms with Crippen LogP contribution in [0.15, 0.2) is 66.7 Å². The molecule has 0 saturated carbocycles. The van der Waals surface area contributed by atoms with Gasteiger partial charge in [0.25, 0.3) is 11.8 Å². The third-order valence-electron chi connectivity index (χ3n) is 4.83. The summed E-state index contributed by atoms with van der Waals surface area (Å²) in [6.07, 6.45) is -4.52. The summed E-state index contributed by atoms with van der Waals surface area (Å²) < 4.78 is 49.8. The van der Waals surface area contributed by atoms with E-state index in [2.05, 4.69) is 10.6 Å². The van der Waals surface area contributed by atoms with Crippen molar-refractivity contribution in [3.63, 3.8) is 0 Å². The molecule has 0 aromatic heterocycles. The number of hydrogen-bond donors (Lipinski definition) is 2. The Morgan fingerprint density at radius 3 is 2.03 bits per heavy atom. The molecule has 6 nitrogen and oxygen atoms in total. The zero-order valence-electron chi connectivity index (χ0n) is 19.4. The largest absolute Gasteiger partial charge is 0.493 e. The van der Waals surface area contributed by atoms with E-state index < -0.39 is 23.6 Å². The van der Waals surface area contributed by atoms with Gasteiger partial charge in [0, 0.05) is 22.5 Å². The number of rotatable bonds is 8. The van der Waals surface area contributed by atoms with E-state index in [9.17, 15) is 22.8 Å². The monoisotopic (exact) mass is 486 g/mol. The molecular formula is C26H25F3N2O4. The highest BCUT2D eigenvalue weighted by Gasteiger charge is 2.30. The lowest BCUT2D eigenvalue weighted by atomic mass is 10.1. The van der Waals surface area contributed by atoms with E-state index in [1.807, 2.05) is 13.8 Å². The number of nitrogens with one attached hydrogen (secondary N) is 2. The van der Waals surface area contributed by atoms with Gasteiger partial charge in [-0.2, -0.15) is 13.2 Å². The molecule has 0 fully saturated rings. The molecule has 0 saturated heterocycles. The molecule has 0 heterocycles. The molecule has 0 aliphatic carbocycles. The van der Waals surface area contributed by atoms with Crippen molar-refractivity contribution >= 4 is 23.2 Å². The van der Waals surface area contributed by atoms with E-state index in [4.69, 9.17) is 9.47 Å². The zero-order valence-corrected chi connectivity index (χ0v) is 19.4. The standard InChI is InChI=1S/C26H25F3N2O4/c1-16(2)15-35-22-11-10-18(13-23(22)34-3)25(33)30-20-8-4-6-17(12-20)24(32)31-21-9-5-7-19(14-21)26(27,28)29/h4-14,16H,15H2,1-3H3,(H,30,33)(H,31,32). The zero-order chi connectivity index (χ0) is 25.6. The molecule has 0 radical (unpaired) electrons. The lowest BCUT2D eigenvalue weighted by Gasteiger charge is -2.14. The second kappa shape index (κ2) is 10.9. The van der Waals surface area contributed by atoms with Gasteiger partial charge in [-0.05, 0) is 60.5 Å². The van der Waals surface area contributed by atoms with E-state index in [0.29, 0.717) is 35.3 Å². The van der Waals surface area contributed by atoms with E-state index in [1.54, 1.807) is 30.3 Å². The molecule has 0 aliphatic heterocycles. The van der Waals surface area contributed by atoms with Crippen LogP contribution in [-0.4, -0.2) is 25.5 Å². The van der Waals surface area contributed by atoms with Crippen LogP contribution in [0.3, 0.4) is 0 Å². The van der Waals surface area contributed by atoms with E-state index in [1.165, 1.54) is 31.4 Å². The fourth-order valence-electron chi connectivity index (χ4n) is 3.10. The molecule has 0 aliphatic rings. The second-order valence-electron chi connectivity index (χ2n) is 8.14. The lowest BCUT2D eigenvalue weighted by molar-refractivity contribution is -0.137. The minimum absolute atomic E-state index is 0.00568. The summed E-state index contributed by atoms with van der Waals surface area (Å²) in [5.74, 6) is 0.196. The summed E-state index contributed by atoms with van der Waals surface area (Å²) in [5, 5.41) is 5.15. The number of anilines is 2. The first-order valence-electron chi connectivity index (χ1n) is 10.8. The minimum Gasteiger partial charge on any atom is -0.493 e. The number of hydrogen-bond acceptors (Lipinski definition) is 4. The van der Waals surface area contributed by atoms with Crippen molar-refractivity contribution in [2.45, 2.75) is 20.0 Å². The Morgan fingerprint density at radius 2 is 1.43 bits per heavy atom. The summed E-state index contributed by atoms with van der Waals surface area (Å²) >= 11 is 0. The van der Waals surface area contributed by atoms with Gasteiger partial charge >= 0.3 is 6.18 Å². The lowest BCUT2D eigenvalue weighted by Crippen LogP contribution is -2.15. The first kappa shape index (κ1) is 25.6. The average molecular weight is 486 g/mol. The Hall–Kier alpha value is -4.01. The van der Waals surface area contributed by atoms with Gasteiger partial charge in [-0.3, -0.25) is 9.59 Å². The van der Waals surface area contributed by atoms with Gasteiger partial charge in [-0.1, -0.05) is 26.0 Å². The fourth-order valence-corrected chi connectivity index (χ4v) is 3.10. The predicted octanol–water partition coefficient (Wildman–Crippen LogP) is 6.25. The maximum absolute atomic E-state index is 12.9. The van der Waals surface area contributed by atoms with Crippen LogP contribution in [0.2, 0.25) is 0 Å². The number of halogens is 3. The summed E-state index contributed by atoms with van der Waals surface area (Å²) in [6, 6.07) is 15.2. The number of carbonyl (C=O) groups is 2. The molecule has 3 aromatic rings. The van der Waals surface area contributed by atoms with Crippen LogP contribution in [0.5, 0.6) is 11.5 Å². The molecule has 0 bridgehead atoms. The van der Waals surface area contributed by atoms with Crippen molar-refractivity contribution in [2.24, 2.45) is 5.92 Å². The van der Waals surface area contributed by atoms with Gasteiger partial charge in [0.2, 0.25) is 0 Å². The molecule has 0 unspecified atom stereocenters. The molecule has 0 atom stereocenters. The topological polar surface area (TPSA) is 76.7 Å². The number of carbonyl (C=O) groups excluding carboxylic acids is 2. The van der Waals surface area contributed by atoms with Crippen LogP contribution in [-0.2, 0) is 6.18 Å². The SMILES string of the molecule is COc1cc(C(=O)Nc2cccc(C(=O)Nc3cccc(C(F)(F)F)c3)c2)ccc1OCC(C)C. The molecule has 9 heteroatoms. The summed E-state index contributed by atoms with van der Waals surface area (Å²) in [7, 11) is 1.48. The van der Waals surface area contributed by atoms with Crippen LogP contribution in [0.4, 0.5) is 24.5 Å². The van der Waals surface area contributed by atoms with E-state index in [-0.39, 0.29) is 11.3 Å². The van der Waals surface area contributed by atoms with Crippen LogP contribution in [0.1, 0.15) is 40.1 Å². The number of alkyl halides is 3. The Bertz CT molecular complexity index is 1210. The van der Waals surface area contributed by atoms with Gasteiger partial charge in [-0.15, -0.1) is 0 Å². The first-order chi connectivity index (χ1) is 16.6. The van der Waals surface area contributed by atoms with Gasteiger partial charge in [0.05, 0.1) is 19.3 Å². The van der Waals surface area contributed by atoms with Crippen molar-refractivity contribution in [3.05, 3.63) is 83.4 Å². The Morgan fingerprint density at radius 1 is 0.829 bits per heavy atom. The van der Waals surface area contributed by atoms with Gasteiger partial charge in [-0.25, -0.2) is 0 Å². The van der Waals surface area contributed by atoms with Crippen molar-refractivity contribution in [1.82, 2.24) is 0 Å². The Balaban J connectivity index is 1.71. The summed E-state index contributed by atoms with van der Waals surface area (Å²) in [5.41, 5.74) is -0.0444. The van der Waals surface area contributed by atoms with Crippen LogP contribution in [0, 0.1) is 5.92 Å². The van der Waals surface area contributed by atoms with Gasteiger partial charge in [0.15, 0.2) is 11.5 Å². The summed E-state index contributed by atoms with van der Waals surface area (Å²) in [4.78, 5) is 25.3. The predicted molar refractivity (Wildman–Crippen MR) is 127 cm³/mol. The highest BCUT2D eigenvalue weighted by molar-refractivity contribution is 6.07. The highest BCUT2D eigenvalue weighted by Crippen LogP contribution is 2.31. The van der Waals surface area contributed by atoms with Crippen molar-refractivity contribution in [1.29, 1.82) is 0 Å². The van der Waals surface area contributed by atoms with Crippen LogP contribution in [0.25, 0.3) is 0 Å². The van der Waals surface area contributed by atoms with Crippen molar-refractivity contribution in [3.8, 4) is 11.5 Å². The van der Waals surface area contributed by atoms with E-state index in [0.717, 1.165) is 12.1 Å². The highest BCUT2D eigenvalue weighted by atomic mass is 19.4. The average Bonchev–Trinajstić information content (AvgIpc) is 2.82. The molecular weight excluding hydrogens is 461 g/mol. The molecule has 2 N–H and O–H groups in total. The second-order valence-corrected chi connectivity index (χ2v) is 8.14. The number of amides is 2. The normalized spacial score (nSPS) is 11.2. The summed E-state index contributed by atoms with van der Waals surface area (Å²) in [6.45, 7) is 4.53. The Labute approximate surface area is 201 Å². The van der Waals surface area contributed by atoms with Crippen molar-refractivity contribution in [2.75, 3.05) is 24.4 Å². The maximum Gasteiger partial charge on any atom is 0.416 e. The first-order valence-corrected chi connectivity index (χ1v) is 10.8. The van der Waals surface area contributed by atoms with Gasteiger partial charge in [0.1, 0.15) is 0 Å². The van der Waals surface area contributed by atoms with Gasteiger partial charge < -0.3 is 20.1 Å². The van der Waals surface area contributed by atoms with Crippen LogP contribution >= 0.6 is 0 Å². The Kier molecular flexibility index (Phi) is 8.01. The molecule has 184 valence electrons. The number of benzene rings is 3. The molecule has 3 aromatic carbocycles. The minimum atomic E-state index is -4.52. The molecule has 0 spiro atoms. The number of methoxy groups -OCH3 is 1. The molecule has 35 heavy (non-hydrogen) atoms.